The van der Waals surface area contributed by atoms with Crippen molar-refractivity contribution in [2.75, 3.05) is 5.32 Å². The first-order valence-electron chi connectivity index (χ1n) is 5.93. The molecule has 0 spiro atoms. The van der Waals surface area contributed by atoms with Gasteiger partial charge in [-0.2, -0.15) is 26.3 Å². The molecule has 0 unspecified atom stereocenters. The third-order valence-corrected chi connectivity index (χ3v) is 2.76. The molecule has 1 saturated carbocycles. The van der Waals surface area contributed by atoms with Gasteiger partial charge in [0.05, 0.1) is 11.1 Å². The minimum Gasteiger partial charge on any atom is -0.335 e. The van der Waals surface area contributed by atoms with Crippen LogP contribution in [0.15, 0.2) is 18.2 Å². The Kier molecular flexibility index (Phi) is 3.77. The molecule has 1 aromatic carbocycles. The number of urea groups is 1. The van der Waals surface area contributed by atoms with Crippen molar-refractivity contribution < 1.29 is 31.1 Å². The SMILES string of the molecule is O=C(Nc1cc(C(F)(F)F)cc(C(F)(F)F)c1)NC1CC1. The number of hydrogen-bond acceptors (Lipinski definition) is 1. The van der Waals surface area contributed by atoms with Crippen molar-refractivity contribution in [3.05, 3.63) is 29.3 Å². The van der Waals surface area contributed by atoms with E-state index in [1.54, 1.807) is 0 Å². The Morgan fingerprint density at radius 2 is 1.43 bits per heavy atom. The minimum absolute atomic E-state index is 0.00394. The van der Waals surface area contributed by atoms with Crippen molar-refractivity contribution in [2.45, 2.75) is 31.2 Å². The molecular formula is C12H10F6N2O. The Morgan fingerprint density at radius 3 is 1.81 bits per heavy atom. The van der Waals surface area contributed by atoms with E-state index in [9.17, 15) is 31.1 Å². The van der Waals surface area contributed by atoms with Gasteiger partial charge < -0.3 is 10.6 Å². The maximum absolute atomic E-state index is 12.6. The van der Waals surface area contributed by atoms with Gasteiger partial charge in [0.25, 0.3) is 0 Å². The van der Waals surface area contributed by atoms with Gasteiger partial charge in [0.1, 0.15) is 0 Å². The molecule has 21 heavy (non-hydrogen) atoms. The van der Waals surface area contributed by atoms with Crippen LogP contribution in [0.1, 0.15) is 24.0 Å². The van der Waals surface area contributed by atoms with Gasteiger partial charge in [-0.15, -0.1) is 0 Å². The van der Waals surface area contributed by atoms with Gasteiger partial charge in [-0.05, 0) is 31.0 Å². The molecule has 1 fully saturated rings. The van der Waals surface area contributed by atoms with Gasteiger partial charge in [-0.1, -0.05) is 0 Å². The summed E-state index contributed by atoms with van der Waals surface area (Å²) < 4.78 is 75.6. The fourth-order valence-corrected chi connectivity index (χ4v) is 1.61. The quantitative estimate of drug-likeness (QED) is 0.796. The summed E-state index contributed by atoms with van der Waals surface area (Å²) in [5.74, 6) is 0. The van der Waals surface area contributed by atoms with Crippen LogP contribution in [-0.2, 0) is 12.4 Å². The largest absolute Gasteiger partial charge is 0.416 e. The second-order valence-electron chi connectivity index (χ2n) is 4.67. The number of halogens is 6. The average Bonchev–Trinajstić information content (AvgIpc) is 3.09. The molecule has 2 amide bonds. The van der Waals surface area contributed by atoms with Crippen molar-refractivity contribution in [1.29, 1.82) is 0 Å². The lowest BCUT2D eigenvalue weighted by Gasteiger charge is -2.15. The molecule has 2 N–H and O–H groups in total. The fraction of sp³-hybridized carbons (Fsp3) is 0.417. The first-order valence-corrected chi connectivity index (χ1v) is 5.93. The first kappa shape index (κ1) is 15.5. The molecule has 0 atom stereocenters. The number of carbonyl (C=O) groups excluding carboxylic acids is 1. The Labute approximate surface area is 115 Å². The van der Waals surface area contributed by atoms with Gasteiger partial charge in [0.15, 0.2) is 0 Å². The van der Waals surface area contributed by atoms with Gasteiger partial charge in [0, 0.05) is 11.7 Å². The van der Waals surface area contributed by atoms with Crippen LogP contribution in [0.5, 0.6) is 0 Å². The van der Waals surface area contributed by atoms with Crippen LogP contribution in [0.3, 0.4) is 0 Å². The molecule has 0 saturated heterocycles. The molecule has 1 aromatic rings. The molecule has 1 aliphatic carbocycles. The van der Waals surface area contributed by atoms with Crippen LogP contribution in [0.4, 0.5) is 36.8 Å². The van der Waals surface area contributed by atoms with Crippen molar-refractivity contribution in [1.82, 2.24) is 5.32 Å². The summed E-state index contributed by atoms with van der Waals surface area (Å²) in [6.45, 7) is 0. The predicted molar refractivity (Wildman–Crippen MR) is 61.6 cm³/mol. The Morgan fingerprint density at radius 1 is 0.952 bits per heavy atom. The van der Waals surface area contributed by atoms with Crippen molar-refractivity contribution in [3.8, 4) is 0 Å². The number of benzene rings is 1. The molecule has 1 aliphatic rings. The summed E-state index contributed by atoms with van der Waals surface area (Å²) in [7, 11) is 0. The van der Waals surface area contributed by atoms with Crippen LogP contribution >= 0.6 is 0 Å². The van der Waals surface area contributed by atoms with E-state index in [1.165, 1.54) is 0 Å². The van der Waals surface area contributed by atoms with Crippen LogP contribution in [0, 0.1) is 0 Å². The lowest BCUT2D eigenvalue weighted by molar-refractivity contribution is -0.143. The molecule has 3 nitrogen and oxygen atoms in total. The second kappa shape index (κ2) is 5.12. The third-order valence-electron chi connectivity index (χ3n) is 2.76. The standard InChI is InChI=1S/C12H10F6N2O/c13-11(14,15)6-3-7(12(16,17)18)5-9(4-6)20-10(21)19-8-1-2-8/h3-5,8H,1-2H2,(H2,19,20,21). The van der Waals surface area contributed by atoms with E-state index in [2.05, 4.69) is 5.32 Å². The summed E-state index contributed by atoms with van der Waals surface area (Å²) in [6, 6.07) is 0.0239. The van der Waals surface area contributed by atoms with Crippen LogP contribution in [0.2, 0.25) is 0 Å². The molecule has 0 heterocycles. The summed E-state index contributed by atoms with van der Waals surface area (Å²) in [6.07, 6.45) is -8.40. The van der Waals surface area contributed by atoms with Gasteiger partial charge in [-0.25, -0.2) is 4.79 Å². The molecule has 0 aliphatic heterocycles. The van der Waals surface area contributed by atoms with E-state index >= 15 is 0 Å². The van der Waals surface area contributed by atoms with Crippen LogP contribution < -0.4 is 10.6 Å². The Bertz CT molecular complexity index is 515. The van der Waals surface area contributed by atoms with Gasteiger partial charge in [0.2, 0.25) is 0 Å². The monoisotopic (exact) mass is 312 g/mol. The van der Waals surface area contributed by atoms with Crippen molar-refractivity contribution in [3.63, 3.8) is 0 Å². The molecule has 116 valence electrons. The number of alkyl halides is 6. The van der Waals surface area contributed by atoms with E-state index in [0.717, 1.165) is 12.8 Å². The van der Waals surface area contributed by atoms with E-state index in [0.29, 0.717) is 12.1 Å². The minimum atomic E-state index is -4.94. The lowest BCUT2D eigenvalue weighted by atomic mass is 10.1. The van der Waals surface area contributed by atoms with Crippen LogP contribution in [-0.4, -0.2) is 12.1 Å². The maximum atomic E-state index is 12.6. The van der Waals surface area contributed by atoms with Crippen molar-refractivity contribution >= 4 is 11.7 Å². The molecule has 0 bridgehead atoms. The average molecular weight is 312 g/mol. The summed E-state index contributed by atoms with van der Waals surface area (Å²) in [5.41, 5.74) is -3.51. The highest BCUT2D eigenvalue weighted by Crippen LogP contribution is 2.37. The number of nitrogens with one attached hydrogen (secondary N) is 2. The highest BCUT2D eigenvalue weighted by molar-refractivity contribution is 5.89. The lowest BCUT2D eigenvalue weighted by Crippen LogP contribution is -2.30. The van der Waals surface area contributed by atoms with Gasteiger partial charge in [-0.3, -0.25) is 0 Å². The molecule has 9 heteroatoms. The zero-order chi connectivity index (χ0) is 15.8. The summed E-state index contributed by atoms with van der Waals surface area (Å²) in [4.78, 5) is 11.4. The summed E-state index contributed by atoms with van der Waals surface area (Å²) in [5, 5.41) is 4.39. The normalized spacial score (nSPS) is 15.7. The molecule has 2 rings (SSSR count). The highest BCUT2D eigenvalue weighted by Gasteiger charge is 2.37. The van der Waals surface area contributed by atoms with E-state index in [4.69, 9.17) is 0 Å². The van der Waals surface area contributed by atoms with E-state index < -0.39 is 35.2 Å². The van der Waals surface area contributed by atoms with Crippen molar-refractivity contribution in [2.24, 2.45) is 0 Å². The van der Waals surface area contributed by atoms with Gasteiger partial charge >= 0.3 is 18.4 Å². The maximum Gasteiger partial charge on any atom is 0.416 e. The predicted octanol–water partition coefficient (Wildman–Crippen LogP) is 4.01. The Hall–Kier alpha value is -1.93. The number of amides is 2. The van der Waals surface area contributed by atoms with E-state index in [1.807, 2.05) is 5.32 Å². The summed E-state index contributed by atoms with van der Waals surface area (Å²) >= 11 is 0. The smallest absolute Gasteiger partial charge is 0.335 e. The van der Waals surface area contributed by atoms with E-state index in [-0.39, 0.29) is 12.1 Å². The number of carbonyl (C=O) groups is 1. The zero-order valence-corrected chi connectivity index (χ0v) is 10.4. The molecule has 0 aromatic heterocycles. The number of hydrogen-bond donors (Lipinski definition) is 2. The fourth-order valence-electron chi connectivity index (χ4n) is 1.61. The third kappa shape index (κ3) is 4.27. The Balaban J connectivity index is 2.28. The highest BCUT2D eigenvalue weighted by atomic mass is 19.4. The zero-order valence-electron chi connectivity index (χ0n) is 10.4. The van der Waals surface area contributed by atoms with Crippen LogP contribution in [0.25, 0.3) is 0 Å². The number of rotatable bonds is 2. The first-order chi connectivity index (χ1) is 9.55. The molecular weight excluding hydrogens is 302 g/mol. The molecule has 0 radical (unpaired) electrons. The second-order valence-corrected chi connectivity index (χ2v) is 4.67. The number of anilines is 1. The topological polar surface area (TPSA) is 41.1 Å².